The monoisotopic (exact) mass is 406 g/mol. The number of benzene rings is 2. The summed E-state index contributed by atoms with van der Waals surface area (Å²) in [5, 5.41) is 6.76. The number of halogens is 1. The first-order valence-corrected chi connectivity index (χ1v) is 10.1. The molecule has 0 aromatic heterocycles. The molecule has 2 N–H and O–H groups in total. The zero-order chi connectivity index (χ0) is 19.6. The molecular weight excluding hydrogens is 383 g/mol. The average molecular weight is 407 g/mol. The number of hydrogen-bond acceptors (Lipinski definition) is 4. The summed E-state index contributed by atoms with van der Waals surface area (Å²) in [5.41, 5.74) is 2.79. The van der Waals surface area contributed by atoms with Gasteiger partial charge in [-0.3, -0.25) is 0 Å². The van der Waals surface area contributed by atoms with Gasteiger partial charge in [-0.25, -0.2) is 9.18 Å². The van der Waals surface area contributed by atoms with Gasteiger partial charge in [-0.05, 0) is 60.6 Å². The zero-order valence-electron chi connectivity index (χ0n) is 15.4. The van der Waals surface area contributed by atoms with Gasteiger partial charge in [0.25, 0.3) is 0 Å². The lowest BCUT2D eigenvalue weighted by Gasteiger charge is -2.14. The molecular formula is C20H23FN2O2S2. The minimum Gasteiger partial charge on any atom is -0.465 e. The third kappa shape index (κ3) is 6.52. The summed E-state index contributed by atoms with van der Waals surface area (Å²) in [6.07, 6.45) is 0.905. The summed E-state index contributed by atoms with van der Waals surface area (Å²) in [5.74, 6) is 1.04. The summed E-state index contributed by atoms with van der Waals surface area (Å²) >= 11 is 7.00. The van der Waals surface area contributed by atoms with E-state index >= 15 is 0 Å². The van der Waals surface area contributed by atoms with Crippen LogP contribution in [0, 0.1) is 12.7 Å². The molecule has 0 atom stereocenters. The van der Waals surface area contributed by atoms with Crippen LogP contribution in [0.4, 0.5) is 10.1 Å². The van der Waals surface area contributed by atoms with Crippen LogP contribution in [0.5, 0.6) is 0 Å². The lowest BCUT2D eigenvalue weighted by Crippen LogP contribution is -2.30. The lowest BCUT2D eigenvalue weighted by atomic mass is 10.1. The maximum absolute atomic E-state index is 13.5. The molecule has 0 saturated heterocycles. The van der Waals surface area contributed by atoms with E-state index in [0.29, 0.717) is 23.0 Å². The van der Waals surface area contributed by atoms with Crippen molar-refractivity contribution < 1.29 is 13.9 Å². The third-order valence-corrected chi connectivity index (χ3v) is 5.29. The van der Waals surface area contributed by atoms with Crippen LogP contribution in [0.15, 0.2) is 42.5 Å². The van der Waals surface area contributed by atoms with Crippen molar-refractivity contribution in [2.75, 3.05) is 24.7 Å². The van der Waals surface area contributed by atoms with Crippen molar-refractivity contribution in [2.24, 2.45) is 0 Å². The number of anilines is 1. The Balaban J connectivity index is 1.71. The van der Waals surface area contributed by atoms with Crippen LogP contribution in [0.1, 0.15) is 27.9 Å². The Kier molecular flexibility index (Phi) is 8.54. The molecule has 0 saturated carbocycles. The molecule has 0 aliphatic carbocycles. The molecule has 27 heavy (non-hydrogen) atoms. The number of nitrogens with one attached hydrogen (secondary N) is 2. The van der Waals surface area contributed by atoms with Crippen molar-refractivity contribution >= 4 is 40.7 Å². The van der Waals surface area contributed by atoms with E-state index in [0.717, 1.165) is 29.0 Å². The fraction of sp³-hybridized carbons (Fsp3) is 0.300. The number of thioether (sulfide) groups is 1. The van der Waals surface area contributed by atoms with E-state index in [1.807, 2.05) is 25.1 Å². The van der Waals surface area contributed by atoms with E-state index in [-0.39, 0.29) is 11.8 Å². The molecule has 7 heteroatoms. The first-order chi connectivity index (χ1) is 13.0. The SMILES string of the molecule is COC(=O)c1cccc(NC(=S)NCCCSCc2ccccc2F)c1C. The minimum absolute atomic E-state index is 0.155. The number of hydrogen-bond donors (Lipinski definition) is 2. The van der Waals surface area contributed by atoms with Crippen molar-refractivity contribution in [2.45, 2.75) is 19.1 Å². The first-order valence-electron chi connectivity index (χ1n) is 8.57. The zero-order valence-corrected chi connectivity index (χ0v) is 17.0. The molecule has 2 rings (SSSR count). The Bertz CT molecular complexity index is 799. The van der Waals surface area contributed by atoms with Crippen LogP contribution >= 0.6 is 24.0 Å². The number of rotatable bonds is 8. The quantitative estimate of drug-likeness (QED) is 0.382. The van der Waals surface area contributed by atoms with Gasteiger partial charge in [-0.1, -0.05) is 24.3 Å². The molecule has 2 aromatic carbocycles. The van der Waals surface area contributed by atoms with Crippen molar-refractivity contribution in [3.8, 4) is 0 Å². The maximum Gasteiger partial charge on any atom is 0.338 e. The summed E-state index contributed by atoms with van der Waals surface area (Å²) in [7, 11) is 1.36. The molecule has 0 bridgehead atoms. The van der Waals surface area contributed by atoms with E-state index in [4.69, 9.17) is 17.0 Å². The number of ether oxygens (including phenoxy) is 1. The fourth-order valence-electron chi connectivity index (χ4n) is 2.44. The molecule has 0 heterocycles. The molecule has 0 radical (unpaired) electrons. The van der Waals surface area contributed by atoms with Crippen molar-refractivity contribution in [1.29, 1.82) is 0 Å². The molecule has 144 valence electrons. The molecule has 0 aliphatic rings. The molecule has 0 spiro atoms. The standard InChI is InChI=1S/C20H23FN2O2S2/c1-14-16(19(24)25-2)8-5-10-18(14)23-20(26)22-11-6-12-27-13-15-7-3-4-9-17(15)21/h3-5,7-10H,6,11-13H2,1-2H3,(H2,22,23,26). The molecule has 0 fully saturated rings. The van der Waals surface area contributed by atoms with Gasteiger partial charge in [-0.2, -0.15) is 11.8 Å². The summed E-state index contributed by atoms with van der Waals surface area (Å²) in [6.45, 7) is 2.56. The minimum atomic E-state index is -0.373. The highest BCUT2D eigenvalue weighted by molar-refractivity contribution is 7.98. The van der Waals surface area contributed by atoms with Crippen LogP contribution in [0.25, 0.3) is 0 Å². The van der Waals surface area contributed by atoms with E-state index in [1.165, 1.54) is 13.2 Å². The summed E-state index contributed by atoms with van der Waals surface area (Å²) in [6, 6.07) is 12.2. The Labute approximate surface area is 168 Å². The second-order valence-electron chi connectivity index (χ2n) is 5.85. The largest absolute Gasteiger partial charge is 0.465 e. The molecule has 4 nitrogen and oxygen atoms in total. The topological polar surface area (TPSA) is 50.4 Å². The van der Waals surface area contributed by atoms with E-state index in [1.54, 1.807) is 30.0 Å². The molecule has 0 amide bonds. The van der Waals surface area contributed by atoms with Crippen molar-refractivity contribution in [1.82, 2.24) is 5.32 Å². The molecule has 2 aromatic rings. The third-order valence-electron chi connectivity index (χ3n) is 3.95. The van der Waals surface area contributed by atoms with Crippen LogP contribution in [0.2, 0.25) is 0 Å². The predicted molar refractivity (Wildman–Crippen MR) is 114 cm³/mol. The predicted octanol–water partition coefficient (Wildman–Crippen LogP) is 4.53. The van der Waals surface area contributed by atoms with Gasteiger partial charge in [0.15, 0.2) is 5.11 Å². The first kappa shape index (κ1) is 21.2. The number of esters is 1. The van der Waals surface area contributed by atoms with Crippen molar-refractivity contribution in [3.63, 3.8) is 0 Å². The number of carbonyl (C=O) groups is 1. The Morgan fingerprint density at radius 1 is 1.22 bits per heavy atom. The van der Waals surface area contributed by atoms with Gasteiger partial charge < -0.3 is 15.4 Å². The number of carbonyl (C=O) groups excluding carboxylic acids is 1. The van der Waals surface area contributed by atoms with Crippen LogP contribution in [0.3, 0.4) is 0 Å². The highest BCUT2D eigenvalue weighted by atomic mass is 32.2. The number of methoxy groups -OCH3 is 1. The van der Waals surface area contributed by atoms with Crippen LogP contribution in [-0.4, -0.2) is 30.5 Å². The second-order valence-corrected chi connectivity index (χ2v) is 7.36. The normalized spacial score (nSPS) is 10.3. The Morgan fingerprint density at radius 3 is 2.74 bits per heavy atom. The average Bonchev–Trinajstić information content (AvgIpc) is 2.67. The van der Waals surface area contributed by atoms with Gasteiger partial charge in [-0.15, -0.1) is 0 Å². The van der Waals surface area contributed by atoms with E-state index in [9.17, 15) is 9.18 Å². The number of thiocarbonyl (C=S) groups is 1. The molecule has 0 aliphatic heterocycles. The van der Waals surface area contributed by atoms with Gasteiger partial charge in [0, 0.05) is 18.0 Å². The van der Waals surface area contributed by atoms with Crippen LogP contribution < -0.4 is 10.6 Å². The highest BCUT2D eigenvalue weighted by Crippen LogP contribution is 2.19. The maximum atomic E-state index is 13.5. The van der Waals surface area contributed by atoms with Gasteiger partial charge in [0.2, 0.25) is 0 Å². The smallest absolute Gasteiger partial charge is 0.338 e. The lowest BCUT2D eigenvalue weighted by molar-refractivity contribution is 0.0600. The second kappa shape index (κ2) is 10.9. The van der Waals surface area contributed by atoms with Gasteiger partial charge in [0.05, 0.1) is 12.7 Å². The summed E-state index contributed by atoms with van der Waals surface area (Å²) < 4.78 is 18.3. The van der Waals surface area contributed by atoms with Gasteiger partial charge >= 0.3 is 5.97 Å². The van der Waals surface area contributed by atoms with E-state index < -0.39 is 0 Å². The van der Waals surface area contributed by atoms with Crippen LogP contribution in [-0.2, 0) is 10.5 Å². The highest BCUT2D eigenvalue weighted by Gasteiger charge is 2.12. The fourth-order valence-corrected chi connectivity index (χ4v) is 3.60. The van der Waals surface area contributed by atoms with E-state index in [2.05, 4.69) is 10.6 Å². The Morgan fingerprint density at radius 2 is 2.00 bits per heavy atom. The molecule has 0 unspecified atom stereocenters. The van der Waals surface area contributed by atoms with Gasteiger partial charge in [0.1, 0.15) is 5.82 Å². The van der Waals surface area contributed by atoms with Crippen molar-refractivity contribution in [3.05, 3.63) is 65.0 Å². The summed E-state index contributed by atoms with van der Waals surface area (Å²) in [4.78, 5) is 11.7. The Hall–Kier alpha value is -2.12.